The fraction of sp³-hybridized carbons (Fsp3) is 0.467. The van der Waals surface area contributed by atoms with Crippen LogP contribution in [0.3, 0.4) is 0 Å². The smallest absolute Gasteiger partial charge is 0.337 e. The number of carbonyl (C=O) groups excluding carboxylic acids is 1. The quantitative estimate of drug-likeness (QED) is 0.854. The van der Waals surface area contributed by atoms with Crippen molar-refractivity contribution in [3.8, 4) is 6.07 Å². The number of esters is 1. The second kappa shape index (κ2) is 6.46. The zero-order valence-electron chi connectivity index (χ0n) is 13.3. The van der Waals surface area contributed by atoms with Crippen LogP contribution in [0, 0.1) is 23.7 Å². The van der Waals surface area contributed by atoms with Gasteiger partial charge in [0.15, 0.2) is 0 Å². The molecule has 0 aliphatic carbocycles. The normalized spacial score (nSPS) is 13.3. The van der Waals surface area contributed by atoms with Crippen LogP contribution in [0.25, 0.3) is 0 Å². The minimum Gasteiger partial charge on any atom is -0.465 e. The zero-order chi connectivity index (χ0) is 17.1. The average Bonchev–Trinajstić information content (AvgIpc) is 2.43. The number of nitriles is 1. The monoisotopic (exact) mass is 324 g/mol. The highest BCUT2D eigenvalue weighted by Gasteiger charge is 2.30. The molecule has 0 fully saturated rings. The molecule has 22 heavy (non-hydrogen) atoms. The lowest BCUT2D eigenvalue weighted by Gasteiger charge is -2.25. The summed E-state index contributed by atoms with van der Waals surface area (Å²) >= 11 is 0. The van der Waals surface area contributed by atoms with Gasteiger partial charge in [0.2, 0.25) is 10.0 Å². The number of aryl methyl sites for hydroxylation is 1. The van der Waals surface area contributed by atoms with E-state index >= 15 is 0 Å². The van der Waals surface area contributed by atoms with E-state index < -0.39 is 27.4 Å². The minimum absolute atomic E-state index is 0.0418. The molecule has 1 N–H and O–H groups in total. The van der Waals surface area contributed by atoms with E-state index in [1.165, 1.54) is 25.3 Å². The van der Waals surface area contributed by atoms with Crippen LogP contribution in [0.4, 0.5) is 0 Å². The third-order valence-electron chi connectivity index (χ3n) is 3.17. The van der Waals surface area contributed by atoms with Crippen LogP contribution >= 0.6 is 0 Å². The number of methoxy groups -OCH3 is 1. The van der Waals surface area contributed by atoms with Crippen molar-refractivity contribution < 1.29 is 17.9 Å². The molecule has 0 aromatic heterocycles. The molecule has 0 bridgehead atoms. The number of sulfonamides is 1. The minimum atomic E-state index is -3.93. The number of benzene rings is 1. The molecule has 1 aromatic rings. The number of ether oxygens (including phenoxy) is 1. The van der Waals surface area contributed by atoms with Gasteiger partial charge in [-0.2, -0.15) is 9.98 Å². The molecular formula is C15H20N2O4S. The summed E-state index contributed by atoms with van der Waals surface area (Å²) in [6, 6.07) is 5.33. The summed E-state index contributed by atoms with van der Waals surface area (Å²) in [5.74, 6) is -0.621. The largest absolute Gasteiger partial charge is 0.465 e. The highest BCUT2D eigenvalue weighted by atomic mass is 32.2. The van der Waals surface area contributed by atoms with Crippen LogP contribution in [0.5, 0.6) is 0 Å². The lowest BCUT2D eigenvalue weighted by atomic mass is 9.88. The molecule has 1 aromatic carbocycles. The first-order valence-electron chi connectivity index (χ1n) is 6.64. The van der Waals surface area contributed by atoms with Crippen molar-refractivity contribution in [2.45, 2.75) is 38.6 Å². The molecule has 6 nitrogen and oxygen atoms in total. The molecule has 0 heterocycles. The van der Waals surface area contributed by atoms with E-state index in [2.05, 4.69) is 9.46 Å². The SMILES string of the molecule is COC(=O)c1ccc(C)c(S(=O)(=O)NC(C#N)C(C)(C)C)c1. The Hall–Kier alpha value is -1.91. The van der Waals surface area contributed by atoms with E-state index in [-0.39, 0.29) is 10.5 Å². The van der Waals surface area contributed by atoms with Gasteiger partial charge in [-0.3, -0.25) is 0 Å². The molecule has 1 atom stereocenters. The standard InChI is InChI=1S/C15H20N2O4S/c1-10-6-7-11(14(18)21-5)8-12(10)22(19,20)17-13(9-16)15(2,3)4/h6-8,13,17H,1-5H3. The molecular weight excluding hydrogens is 304 g/mol. The first kappa shape index (κ1) is 18.1. The maximum absolute atomic E-state index is 12.5. The second-order valence-corrected chi connectivity index (χ2v) is 7.70. The van der Waals surface area contributed by atoms with Crippen LogP contribution in [0.1, 0.15) is 36.7 Å². The van der Waals surface area contributed by atoms with E-state index in [9.17, 15) is 18.5 Å². The Kier molecular flexibility index (Phi) is 5.33. The summed E-state index contributed by atoms with van der Waals surface area (Å²) in [7, 11) is -2.71. The summed E-state index contributed by atoms with van der Waals surface area (Å²) in [5.41, 5.74) is 0.0545. The van der Waals surface area contributed by atoms with E-state index in [0.717, 1.165) is 0 Å². The number of hydrogen-bond acceptors (Lipinski definition) is 5. The molecule has 7 heteroatoms. The van der Waals surface area contributed by atoms with Gasteiger partial charge >= 0.3 is 5.97 Å². The highest BCUT2D eigenvalue weighted by Crippen LogP contribution is 2.23. The van der Waals surface area contributed by atoms with Crippen molar-refractivity contribution in [2.75, 3.05) is 7.11 Å². The number of rotatable bonds is 4. The topological polar surface area (TPSA) is 96.3 Å². The molecule has 0 radical (unpaired) electrons. The summed E-state index contributed by atoms with van der Waals surface area (Å²) in [4.78, 5) is 11.5. The van der Waals surface area contributed by atoms with Gasteiger partial charge in [-0.05, 0) is 30.0 Å². The summed E-state index contributed by atoms with van der Waals surface area (Å²) in [5, 5.41) is 9.17. The maximum atomic E-state index is 12.5. The molecule has 120 valence electrons. The van der Waals surface area contributed by atoms with Crippen LogP contribution in [-0.4, -0.2) is 27.5 Å². The zero-order valence-corrected chi connectivity index (χ0v) is 14.1. The van der Waals surface area contributed by atoms with E-state index in [1.807, 2.05) is 6.07 Å². The summed E-state index contributed by atoms with van der Waals surface area (Å²) in [6.07, 6.45) is 0. The van der Waals surface area contributed by atoms with Gasteiger partial charge in [0.25, 0.3) is 0 Å². The number of hydrogen-bond donors (Lipinski definition) is 1. The Bertz CT molecular complexity index is 712. The second-order valence-electron chi connectivity index (χ2n) is 6.02. The number of nitrogens with one attached hydrogen (secondary N) is 1. The first-order valence-corrected chi connectivity index (χ1v) is 8.12. The molecule has 1 rings (SSSR count). The lowest BCUT2D eigenvalue weighted by molar-refractivity contribution is 0.0600. The van der Waals surface area contributed by atoms with E-state index in [0.29, 0.717) is 5.56 Å². The fourth-order valence-corrected chi connectivity index (χ4v) is 3.37. The van der Waals surface area contributed by atoms with Gasteiger partial charge in [-0.25, -0.2) is 13.2 Å². The number of carbonyl (C=O) groups is 1. The Labute approximate surface area is 131 Å². The third kappa shape index (κ3) is 4.06. The van der Waals surface area contributed by atoms with Crippen molar-refractivity contribution >= 4 is 16.0 Å². The van der Waals surface area contributed by atoms with Gasteiger partial charge in [0.1, 0.15) is 6.04 Å². The van der Waals surface area contributed by atoms with E-state index in [4.69, 9.17) is 0 Å². The Morgan fingerprint density at radius 3 is 2.41 bits per heavy atom. The molecule has 0 spiro atoms. The fourth-order valence-electron chi connectivity index (χ4n) is 1.75. The first-order chi connectivity index (χ1) is 10.0. The summed E-state index contributed by atoms with van der Waals surface area (Å²) in [6.45, 7) is 6.91. The Balaban J connectivity index is 3.29. The molecule has 0 saturated heterocycles. The molecule has 0 saturated carbocycles. The predicted molar refractivity (Wildman–Crippen MR) is 81.7 cm³/mol. The van der Waals surface area contributed by atoms with Gasteiger partial charge in [0, 0.05) is 0 Å². The lowest BCUT2D eigenvalue weighted by Crippen LogP contribution is -2.42. The van der Waals surface area contributed by atoms with Gasteiger partial charge in [0.05, 0.1) is 23.6 Å². The van der Waals surface area contributed by atoms with Crippen LogP contribution in [0.2, 0.25) is 0 Å². The summed E-state index contributed by atoms with van der Waals surface area (Å²) < 4.78 is 32.0. The van der Waals surface area contributed by atoms with Gasteiger partial charge in [-0.1, -0.05) is 26.8 Å². The average molecular weight is 324 g/mol. The van der Waals surface area contributed by atoms with Gasteiger partial charge < -0.3 is 4.74 Å². The van der Waals surface area contributed by atoms with Crippen molar-refractivity contribution in [3.63, 3.8) is 0 Å². The van der Waals surface area contributed by atoms with Crippen LogP contribution in [-0.2, 0) is 14.8 Å². The number of nitrogens with zero attached hydrogens (tertiary/aromatic N) is 1. The van der Waals surface area contributed by atoms with Crippen LogP contribution in [0.15, 0.2) is 23.1 Å². The molecule has 1 unspecified atom stereocenters. The molecule has 0 aliphatic heterocycles. The third-order valence-corrected chi connectivity index (χ3v) is 4.73. The Morgan fingerprint density at radius 2 is 1.95 bits per heavy atom. The van der Waals surface area contributed by atoms with Crippen molar-refractivity contribution in [2.24, 2.45) is 5.41 Å². The Morgan fingerprint density at radius 1 is 1.36 bits per heavy atom. The highest BCUT2D eigenvalue weighted by molar-refractivity contribution is 7.89. The van der Waals surface area contributed by atoms with Crippen molar-refractivity contribution in [1.82, 2.24) is 4.72 Å². The van der Waals surface area contributed by atoms with E-state index in [1.54, 1.807) is 27.7 Å². The molecule has 0 aliphatic rings. The predicted octanol–water partition coefficient (Wildman–Crippen LogP) is 2.00. The van der Waals surface area contributed by atoms with Crippen molar-refractivity contribution in [3.05, 3.63) is 29.3 Å². The maximum Gasteiger partial charge on any atom is 0.337 e. The van der Waals surface area contributed by atoms with Crippen LogP contribution < -0.4 is 4.72 Å². The van der Waals surface area contributed by atoms with Gasteiger partial charge in [-0.15, -0.1) is 0 Å². The van der Waals surface area contributed by atoms with Crippen molar-refractivity contribution in [1.29, 1.82) is 5.26 Å². The molecule has 0 amide bonds.